The first-order chi connectivity index (χ1) is 15.8. The molecule has 0 aromatic heterocycles. The summed E-state index contributed by atoms with van der Waals surface area (Å²) in [7, 11) is -2.25. The third kappa shape index (κ3) is 6.47. The van der Waals surface area contributed by atoms with E-state index in [2.05, 4.69) is 17.0 Å². The van der Waals surface area contributed by atoms with Crippen LogP contribution < -0.4 is 14.8 Å². The number of piperidine rings is 1. The van der Waals surface area contributed by atoms with E-state index in [-0.39, 0.29) is 22.6 Å². The maximum atomic E-state index is 13.0. The van der Waals surface area contributed by atoms with Gasteiger partial charge >= 0.3 is 0 Å². The number of nitrogens with one attached hydrogen (secondary N) is 2. The zero-order valence-electron chi connectivity index (χ0n) is 19.0. The number of amides is 2. The Bertz CT molecular complexity index is 1050. The topological polar surface area (TPSA) is 105 Å². The molecule has 1 unspecified atom stereocenters. The predicted molar refractivity (Wildman–Crippen MR) is 127 cm³/mol. The first kappa shape index (κ1) is 24.6. The molecule has 1 fully saturated rings. The second-order valence-corrected chi connectivity index (χ2v) is 9.78. The number of unbranched alkanes of at least 4 members (excludes halogenated alkanes) is 1. The highest BCUT2D eigenvalue weighted by molar-refractivity contribution is 7.92. The number of carbonyl (C=O) groups excluding carboxylic acids is 2. The third-order valence-electron chi connectivity index (χ3n) is 5.66. The number of hydrogen-bond donors (Lipinski definition) is 2. The molecule has 0 aliphatic carbocycles. The minimum absolute atomic E-state index is 0.00392. The van der Waals surface area contributed by atoms with Gasteiger partial charge < -0.3 is 15.0 Å². The van der Waals surface area contributed by atoms with E-state index >= 15 is 0 Å². The fourth-order valence-electron chi connectivity index (χ4n) is 3.74. The zero-order chi connectivity index (χ0) is 23.8. The molecule has 9 heteroatoms. The Kier molecular flexibility index (Phi) is 8.32. The lowest BCUT2D eigenvalue weighted by molar-refractivity contribution is -0.126. The Morgan fingerprint density at radius 2 is 1.79 bits per heavy atom. The van der Waals surface area contributed by atoms with Crippen LogP contribution in [0.3, 0.4) is 0 Å². The lowest BCUT2D eigenvalue weighted by Crippen LogP contribution is -2.45. The molecule has 3 rings (SSSR count). The number of likely N-dealkylation sites (tertiary alicyclic amines) is 1. The van der Waals surface area contributed by atoms with Gasteiger partial charge in [-0.2, -0.15) is 0 Å². The number of rotatable bonds is 9. The van der Waals surface area contributed by atoms with Crippen molar-refractivity contribution in [2.75, 3.05) is 31.5 Å². The molecule has 178 valence electrons. The molecule has 2 aromatic rings. The molecule has 2 aromatic carbocycles. The Hall–Kier alpha value is -3.07. The number of carbonyl (C=O) groups is 2. The minimum Gasteiger partial charge on any atom is -0.497 e. The largest absolute Gasteiger partial charge is 0.497 e. The van der Waals surface area contributed by atoms with E-state index in [1.807, 2.05) is 0 Å². The monoisotopic (exact) mass is 473 g/mol. The van der Waals surface area contributed by atoms with Crippen LogP contribution in [-0.2, 0) is 14.8 Å². The number of ether oxygens (including phenoxy) is 1. The maximum absolute atomic E-state index is 13.0. The Balaban J connectivity index is 1.61. The molecule has 0 spiro atoms. The van der Waals surface area contributed by atoms with Crippen molar-refractivity contribution in [1.29, 1.82) is 0 Å². The van der Waals surface area contributed by atoms with Gasteiger partial charge in [0.25, 0.3) is 15.9 Å². The summed E-state index contributed by atoms with van der Waals surface area (Å²) in [5.41, 5.74) is 0.809. The molecule has 1 aliphatic rings. The summed E-state index contributed by atoms with van der Waals surface area (Å²) in [5.74, 6) is 0.209. The summed E-state index contributed by atoms with van der Waals surface area (Å²) in [6, 6.07) is 12.4. The minimum atomic E-state index is -3.76. The fourth-order valence-corrected chi connectivity index (χ4v) is 4.80. The van der Waals surface area contributed by atoms with Crippen molar-refractivity contribution in [2.24, 2.45) is 5.92 Å². The Morgan fingerprint density at radius 1 is 1.09 bits per heavy atom. The van der Waals surface area contributed by atoms with E-state index in [4.69, 9.17) is 4.74 Å². The first-order valence-electron chi connectivity index (χ1n) is 11.2. The van der Waals surface area contributed by atoms with Crippen molar-refractivity contribution in [2.45, 2.75) is 37.5 Å². The van der Waals surface area contributed by atoms with Gasteiger partial charge in [0.1, 0.15) is 5.75 Å². The highest BCUT2D eigenvalue weighted by atomic mass is 32.2. The summed E-state index contributed by atoms with van der Waals surface area (Å²) in [4.78, 5) is 27.1. The Morgan fingerprint density at radius 3 is 2.42 bits per heavy atom. The van der Waals surface area contributed by atoms with Gasteiger partial charge in [-0.15, -0.1) is 0 Å². The van der Waals surface area contributed by atoms with Crippen molar-refractivity contribution in [3.8, 4) is 5.75 Å². The maximum Gasteiger partial charge on any atom is 0.261 e. The lowest BCUT2D eigenvalue weighted by Gasteiger charge is -2.32. The SMILES string of the molecule is CCCCNC(=O)C1CCCN(C(=O)c2ccc(NS(=O)(=O)c3ccc(OC)cc3)cc2)C1. The quantitative estimate of drug-likeness (QED) is 0.544. The van der Waals surface area contributed by atoms with E-state index in [0.29, 0.717) is 36.6 Å². The molecule has 0 bridgehead atoms. The number of anilines is 1. The van der Waals surface area contributed by atoms with Crippen LogP contribution in [0.5, 0.6) is 5.75 Å². The average Bonchev–Trinajstić information content (AvgIpc) is 2.84. The van der Waals surface area contributed by atoms with Crippen LogP contribution in [0, 0.1) is 5.92 Å². The van der Waals surface area contributed by atoms with Crippen LogP contribution in [0.1, 0.15) is 43.0 Å². The zero-order valence-corrected chi connectivity index (χ0v) is 19.9. The molecule has 1 atom stereocenters. The van der Waals surface area contributed by atoms with Crippen molar-refractivity contribution in [3.63, 3.8) is 0 Å². The summed E-state index contributed by atoms with van der Waals surface area (Å²) in [6.45, 7) is 3.72. The average molecular weight is 474 g/mol. The second-order valence-electron chi connectivity index (χ2n) is 8.09. The third-order valence-corrected chi connectivity index (χ3v) is 7.06. The predicted octanol–water partition coefficient (Wildman–Crippen LogP) is 3.26. The molecule has 33 heavy (non-hydrogen) atoms. The number of sulfonamides is 1. The molecule has 8 nitrogen and oxygen atoms in total. The van der Waals surface area contributed by atoms with Gasteiger partial charge in [0, 0.05) is 30.9 Å². The highest BCUT2D eigenvalue weighted by Crippen LogP contribution is 2.22. The molecule has 1 saturated heterocycles. The van der Waals surface area contributed by atoms with E-state index in [1.54, 1.807) is 41.3 Å². The molecule has 0 saturated carbocycles. The van der Waals surface area contributed by atoms with Crippen molar-refractivity contribution in [3.05, 3.63) is 54.1 Å². The van der Waals surface area contributed by atoms with Crippen LogP contribution in [0.4, 0.5) is 5.69 Å². The van der Waals surface area contributed by atoms with Gasteiger partial charge in [-0.25, -0.2) is 8.42 Å². The number of nitrogens with zero attached hydrogens (tertiary/aromatic N) is 1. The molecule has 2 N–H and O–H groups in total. The summed E-state index contributed by atoms with van der Waals surface area (Å²) in [6.07, 6.45) is 3.50. The van der Waals surface area contributed by atoms with Crippen LogP contribution >= 0.6 is 0 Å². The molecule has 1 aliphatic heterocycles. The first-order valence-corrected chi connectivity index (χ1v) is 12.7. The van der Waals surface area contributed by atoms with Gasteiger partial charge in [-0.3, -0.25) is 14.3 Å². The van der Waals surface area contributed by atoms with Gasteiger partial charge in [0.05, 0.1) is 17.9 Å². The van der Waals surface area contributed by atoms with Crippen LogP contribution in [0.25, 0.3) is 0 Å². The van der Waals surface area contributed by atoms with E-state index in [1.165, 1.54) is 19.2 Å². The number of methoxy groups -OCH3 is 1. The molecule has 1 heterocycles. The highest BCUT2D eigenvalue weighted by Gasteiger charge is 2.28. The normalized spacial score (nSPS) is 16.2. The summed E-state index contributed by atoms with van der Waals surface area (Å²) >= 11 is 0. The van der Waals surface area contributed by atoms with Crippen LogP contribution in [0.15, 0.2) is 53.4 Å². The van der Waals surface area contributed by atoms with Crippen molar-refractivity contribution in [1.82, 2.24) is 10.2 Å². The van der Waals surface area contributed by atoms with Crippen molar-refractivity contribution >= 4 is 27.5 Å². The van der Waals surface area contributed by atoms with E-state index < -0.39 is 10.0 Å². The van der Waals surface area contributed by atoms with Crippen LogP contribution in [0.2, 0.25) is 0 Å². The fraction of sp³-hybridized carbons (Fsp3) is 0.417. The number of hydrogen-bond acceptors (Lipinski definition) is 5. The smallest absolute Gasteiger partial charge is 0.261 e. The lowest BCUT2D eigenvalue weighted by atomic mass is 9.96. The standard InChI is InChI=1S/C24H31N3O5S/c1-3-4-15-25-23(28)19-6-5-16-27(17-19)24(29)18-7-9-20(10-8-18)26-33(30,31)22-13-11-21(32-2)12-14-22/h7-14,19,26H,3-6,15-17H2,1-2H3,(H,25,28). The van der Waals surface area contributed by atoms with E-state index in [9.17, 15) is 18.0 Å². The molecular formula is C24H31N3O5S. The summed E-state index contributed by atoms with van der Waals surface area (Å²) < 4.78 is 32.8. The Labute approximate surface area is 195 Å². The van der Waals surface area contributed by atoms with Gasteiger partial charge in [0.2, 0.25) is 5.91 Å². The van der Waals surface area contributed by atoms with Gasteiger partial charge in [0.15, 0.2) is 0 Å². The molecular weight excluding hydrogens is 442 g/mol. The summed E-state index contributed by atoms with van der Waals surface area (Å²) in [5, 5.41) is 2.95. The van der Waals surface area contributed by atoms with Gasteiger partial charge in [-0.1, -0.05) is 13.3 Å². The number of benzene rings is 2. The molecule has 0 radical (unpaired) electrons. The second kappa shape index (κ2) is 11.2. The van der Waals surface area contributed by atoms with Crippen LogP contribution in [-0.4, -0.2) is 51.9 Å². The van der Waals surface area contributed by atoms with Crippen molar-refractivity contribution < 1.29 is 22.7 Å². The van der Waals surface area contributed by atoms with Gasteiger partial charge in [-0.05, 0) is 67.8 Å². The molecule has 2 amide bonds. The van der Waals surface area contributed by atoms with E-state index in [0.717, 1.165) is 25.7 Å².